The molecule has 2 amide bonds. The van der Waals surface area contributed by atoms with Crippen LogP contribution in [0.3, 0.4) is 0 Å². The quantitative estimate of drug-likeness (QED) is 0.573. The highest BCUT2D eigenvalue weighted by molar-refractivity contribution is 6.03. The summed E-state index contributed by atoms with van der Waals surface area (Å²) in [6.07, 6.45) is 3.67. The number of ether oxygens (including phenoxy) is 1. The van der Waals surface area contributed by atoms with Gasteiger partial charge in [0.2, 0.25) is 11.8 Å². The van der Waals surface area contributed by atoms with Crippen LogP contribution in [0.5, 0.6) is 5.75 Å². The fraction of sp³-hybridized carbons (Fsp3) is 0.652. The standard InChI is InChI=1S/C23H34N4O3/c1-24(19-8-9-19)17-18-16-22(28)27(23(18)29)11-5-10-25-12-14-26(15-13-25)20-6-3-4-7-21(20)30-2/h3-4,6-7,18-19H,5,8-17H2,1-2H3. The van der Waals surface area contributed by atoms with Crippen LogP contribution in [-0.2, 0) is 9.59 Å². The molecule has 164 valence electrons. The van der Waals surface area contributed by atoms with Crippen molar-refractivity contribution >= 4 is 17.5 Å². The maximum atomic E-state index is 12.7. The third kappa shape index (κ3) is 4.78. The molecule has 2 aliphatic heterocycles. The van der Waals surface area contributed by atoms with Crippen molar-refractivity contribution in [3.63, 3.8) is 0 Å². The Kier molecular flexibility index (Phi) is 6.58. The van der Waals surface area contributed by atoms with Gasteiger partial charge in [-0.05, 0) is 45.0 Å². The summed E-state index contributed by atoms with van der Waals surface area (Å²) in [6, 6.07) is 8.77. The Labute approximate surface area is 179 Å². The second-order valence-corrected chi connectivity index (χ2v) is 8.81. The normalized spacial score (nSPS) is 23.0. The number of para-hydroxylation sites is 2. The molecule has 7 nitrogen and oxygen atoms in total. The Morgan fingerprint density at radius 1 is 1.07 bits per heavy atom. The highest BCUT2D eigenvalue weighted by Crippen LogP contribution is 2.29. The first-order valence-electron chi connectivity index (χ1n) is 11.2. The van der Waals surface area contributed by atoms with E-state index in [9.17, 15) is 9.59 Å². The van der Waals surface area contributed by atoms with Crippen molar-refractivity contribution in [1.29, 1.82) is 0 Å². The van der Waals surface area contributed by atoms with E-state index >= 15 is 0 Å². The zero-order chi connectivity index (χ0) is 21.1. The SMILES string of the molecule is COc1ccccc1N1CCN(CCCN2C(=O)CC(CN(C)C3CC3)C2=O)CC1. The summed E-state index contributed by atoms with van der Waals surface area (Å²) in [5.74, 6) is 0.815. The lowest BCUT2D eigenvalue weighted by molar-refractivity contribution is -0.139. The molecule has 3 fully saturated rings. The lowest BCUT2D eigenvalue weighted by Crippen LogP contribution is -2.47. The fourth-order valence-corrected chi connectivity index (χ4v) is 4.70. The van der Waals surface area contributed by atoms with Gasteiger partial charge in [-0.2, -0.15) is 0 Å². The Morgan fingerprint density at radius 3 is 2.50 bits per heavy atom. The number of anilines is 1. The van der Waals surface area contributed by atoms with Gasteiger partial charge in [-0.3, -0.25) is 19.4 Å². The minimum atomic E-state index is -0.146. The summed E-state index contributed by atoms with van der Waals surface area (Å²) in [7, 11) is 3.79. The van der Waals surface area contributed by atoms with Gasteiger partial charge >= 0.3 is 0 Å². The van der Waals surface area contributed by atoms with Crippen molar-refractivity contribution in [2.24, 2.45) is 5.92 Å². The van der Waals surface area contributed by atoms with Crippen LogP contribution < -0.4 is 9.64 Å². The molecule has 1 aromatic rings. The van der Waals surface area contributed by atoms with Gasteiger partial charge in [0.25, 0.3) is 0 Å². The van der Waals surface area contributed by atoms with Gasteiger partial charge in [0, 0.05) is 51.7 Å². The van der Waals surface area contributed by atoms with Crippen molar-refractivity contribution in [3.8, 4) is 5.75 Å². The molecule has 0 aromatic heterocycles. The van der Waals surface area contributed by atoms with Crippen molar-refractivity contribution < 1.29 is 14.3 Å². The van der Waals surface area contributed by atoms with E-state index in [1.807, 2.05) is 18.2 Å². The molecule has 1 unspecified atom stereocenters. The Morgan fingerprint density at radius 2 is 1.80 bits per heavy atom. The smallest absolute Gasteiger partial charge is 0.234 e. The van der Waals surface area contributed by atoms with Gasteiger partial charge in [0.1, 0.15) is 5.75 Å². The first-order valence-corrected chi connectivity index (χ1v) is 11.2. The topological polar surface area (TPSA) is 56.3 Å². The van der Waals surface area contributed by atoms with Gasteiger partial charge in [0.15, 0.2) is 0 Å². The first-order chi connectivity index (χ1) is 14.6. The molecule has 30 heavy (non-hydrogen) atoms. The molecular weight excluding hydrogens is 380 g/mol. The number of imide groups is 1. The van der Waals surface area contributed by atoms with E-state index in [0.29, 0.717) is 19.0 Å². The zero-order valence-electron chi connectivity index (χ0n) is 18.3. The summed E-state index contributed by atoms with van der Waals surface area (Å²) in [5, 5.41) is 0. The third-order valence-electron chi connectivity index (χ3n) is 6.67. The molecule has 4 rings (SSSR count). The van der Waals surface area contributed by atoms with E-state index in [1.165, 1.54) is 17.7 Å². The van der Waals surface area contributed by atoms with E-state index in [1.54, 1.807) is 7.11 Å². The molecule has 2 saturated heterocycles. The Balaban J connectivity index is 1.20. The molecule has 1 saturated carbocycles. The summed E-state index contributed by atoms with van der Waals surface area (Å²) in [6.45, 7) is 6.06. The molecule has 2 heterocycles. The number of rotatable bonds is 9. The number of nitrogens with zero attached hydrogens (tertiary/aromatic N) is 4. The molecule has 0 bridgehead atoms. The number of hydrogen-bond acceptors (Lipinski definition) is 6. The number of likely N-dealkylation sites (tertiary alicyclic amines) is 1. The number of carbonyl (C=O) groups excluding carboxylic acids is 2. The second kappa shape index (κ2) is 9.35. The first kappa shape index (κ1) is 21.1. The van der Waals surface area contributed by atoms with Crippen LogP contribution in [0.4, 0.5) is 5.69 Å². The molecule has 7 heteroatoms. The molecule has 0 radical (unpaired) electrons. The van der Waals surface area contributed by atoms with Crippen LogP contribution in [0.2, 0.25) is 0 Å². The predicted molar refractivity (Wildman–Crippen MR) is 117 cm³/mol. The zero-order valence-corrected chi connectivity index (χ0v) is 18.3. The molecule has 1 aromatic carbocycles. The van der Waals surface area contributed by atoms with Crippen LogP contribution in [0, 0.1) is 5.92 Å². The van der Waals surface area contributed by atoms with Crippen molar-refractivity contribution in [3.05, 3.63) is 24.3 Å². The van der Waals surface area contributed by atoms with Crippen molar-refractivity contribution in [1.82, 2.24) is 14.7 Å². The number of amides is 2. The molecule has 1 atom stereocenters. The van der Waals surface area contributed by atoms with Gasteiger partial charge in [0.05, 0.1) is 18.7 Å². The van der Waals surface area contributed by atoms with Gasteiger partial charge in [-0.25, -0.2) is 0 Å². The number of methoxy groups -OCH3 is 1. The summed E-state index contributed by atoms with van der Waals surface area (Å²) < 4.78 is 5.49. The maximum Gasteiger partial charge on any atom is 0.234 e. The number of benzene rings is 1. The van der Waals surface area contributed by atoms with Gasteiger partial charge in [-0.1, -0.05) is 12.1 Å². The van der Waals surface area contributed by atoms with E-state index in [4.69, 9.17) is 4.74 Å². The van der Waals surface area contributed by atoms with Crippen molar-refractivity contribution in [2.45, 2.75) is 31.7 Å². The second-order valence-electron chi connectivity index (χ2n) is 8.81. The van der Waals surface area contributed by atoms with E-state index in [0.717, 1.165) is 57.1 Å². The average molecular weight is 415 g/mol. The Hall–Kier alpha value is -2.12. The van der Waals surface area contributed by atoms with E-state index < -0.39 is 0 Å². The highest BCUT2D eigenvalue weighted by atomic mass is 16.5. The summed E-state index contributed by atoms with van der Waals surface area (Å²) in [5.41, 5.74) is 1.15. The monoisotopic (exact) mass is 414 g/mol. The highest BCUT2D eigenvalue weighted by Gasteiger charge is 2.40. The molecule has 0 N–H and O–H groups in total. The number of piperazine rings is 1. The van der Waals surface area contributed by atoms with Gasteiger partial charge in [-0.15, -0.1) is 0 Å². The lowest BCUT2D eigenvalue weighted by Gasteiger charge is -2.36. The average Bonchev–Trinajstić information content (AvgIpc) is 3.58. The fourth-order valence-electron chi connectivity index (χ4n) is 4.70. The summed E-state index contributed by atoms with van der Waals surface area (Å²) in [4.78, 5) is 33.6. The third-order valence-corrected chi connectivity index (χ3v) is 6.67. The Bertz CT molecular complexity index is 759. The number of hydrogen-bond donors (Lipinski definition) is 0. The van der Waals surface area contributed by atoms with Crippen LogP contribution in [0.1, 0.15) is 25.7 Å². The minimum Gasteiger partial charge on any atom is -0.495 e. The van der Waals surface area contributed by atoms with Crippen LogP contribution in [0.25, 0.3) is 0 Å². The van der Waals surface area contributed by atoms with Crippen molar-refractivity contribution in [2.75, 3.05) is 64.9 Å². The van der Waals surface area contributed by atoms with Crippen LogP contribution in [0.15, 0.2) is 24.3 Å². The molecule has 1 aliphatic carbocycles. The largest absolute Gasteiger partial charge is 0.495 e. The maximum absolute atomic E-state index is 12.7. The molecule has 3 aliphatic rings. The molecule has 0 spiro atoms. The lowest BCUT2D eigenvalue weighted by atomic mass is 10.1. The molecular formula is C23H34N4O3. The minimum absolute atomic E-state index is 0.00943. The van der Waals surface area contributed by atoms with Crippen LogP contribution >= 0.6 is 0 Å². The van der Waals surface area contributed by atoms with Gasteiger partial charge < -0.3 is 14.5 Å². The van der Waals surface area contributed by atoms with E-state index in [2.05, 4.69) is 27.8 Å². The van der Waals surface area contributed by atoms with E-state index in [-0.39, 0.29) is 17.7 Å². The summed E-state index contributed by atoms with van der Waals surface area (Å²) >= 11 is 0. The van der Waals surface area contributed by atoms with Crippen LogP contribution in [-0.4, -0.2) is 92.5 Å². The number of carbonyl (C=O) groups is 2. The predicted octanol–water partition coefficient (Wildman–Crippen LogP) is 1.68.